The molecule has 5 aromatic carbocycles. The van der Waals surface area contributed by atoms with Crippen LogP contribution in [-0.4, -0.2) is 10.2 Å². The molecule has 0 radical (unpaired) electrons. The average molecular weight is 560 g/mol. The van der Waals surface area contributed by atoms with Crippen molar-refractivity contribution in [2.45, 2.75) is 30.5 Å². The number of aliphatic hydroxyl groups is 2. The molecule has 0 bridgehead atoms. The first kappa shape index (κ1) is 23.6. The van der Waals surface area contributed by atoms with Gasteiger partial charge in [0.1, 0.15) is 11.2 Å². The predicted molar refractivity (Wildman–Crippen MR) is 155 cm³/mol. The molecule has 7 rings (SSSR count). The fourth-order valence-corrected chi connectivity index (χ4v) is 7.35. The van der Waals surface area contributed by atoms with Crippen molar-refractivity contribution >= 4 is 15.9 Å². The average Bonchev–Trinajstić information content (AvgIpc) is 3.19. The fourth-order valence-electron chi connectivity index (χ4n) is 6.77. The molecule has 0 aliphatic heterocycles. The van der Waals surface area contributed by atoms with E-state index in [1.54, 1.807) is 0 Å². The van der Waals surface area contributed by atoms with E-state index in [0.717, 1.165) is 32.3 Å². The summed E-state index contributed by atoms with van der Waals surface area (Å²) in [4.78, 5) is 0. The Labute approximate surface area is 231 Å². The lowest BCUT2D eigenvalue weighted by Crippen LogP contribution is -2.44. The van der Waals surface area contributed by atoms with Gasteiger partial charge in [-0.15, -0.1) is 0 Å². The van der Waals surface area contributed by atoms with Crippen molar-refractivity contribution < 1.29 is 10.2 Å². The lowest BCUT2D eigenvalue weighted by molar-refractivity contribution is 0.0747. The Morgan fingerprint density at radius 3 is 1.53 bits per heavy atom. The van der Waals surface area contributed by atoms with E-state index in [0.29, 0.717) is 22.3 Å². The highest BCUT2D eigenvalue weighted by atomic mass is 79.9. The van der Waals surface area contributed by atoms with Crippen LogP contribution in [0.3, 0.4) is 0 Å². The third-order valence-electron chi connectivity index (χ3n) is 8.66. The molecular weight excluding hydrogens is 532 g/mol. The number of rotatable bonds is 2. The van der Waals surface area contributed by atoms with Gasteiger partial charge in [0.05, 0.1) is 0 Å². The number of fused-ring (bicyclic) bond motifs is 5. The first-order valence-corrected chi connectivity index (χ1v) is 13.7. The SMILES string of the molecule is CC1(C)c2cc3c(cc2-c2c(Br)cccc21)C(O)(c1ccccc1)c1ccccc1C3(O)c1ccccc1. The van der Waals surface area contributed by atoms with E-state index in [1.165, 1.54) is 5.56 Å². The molecule has 186 valence electrons. The molecule has 0 heterocycles. The van der Waals surface area contributed by atoms with E-state index < -0.39 is 11.2 Å². The molecule has 38 heavy (non-hydrogen) atoms. The normalized spacial score (nSPS) is 22.2. The summed E-state index contributed by atoms with van der Waals surface area (Å²) >= 11 is 3.81. The standard InChI is InChI=1S/C35H27BrO2/c1-33(2)27-18-11-19-31(36)32(27)24-20-29-30(21-28(24)33)35(38,23-14-7-4-8-15-23)26-17-10-9-16-25(26)34(29,37)22-12-5-3-6-13-22/h3-21,37-38H,1-2H3. The molecule has 5 aromatic rings. The van der Waals surface area contributed by atoms with Gasteiger partial charge < -0.3 is 10.2 Å². The lowest BCUT2D eigenvalue weighted by atomic mass is 9.62. The van der Waals surface area contributed by atoms with Gasteiger partial charge in [0.15, 0.2) is 0 Å². The maximum atomic E-state index is 12.9. The van der Waals surface area contributed by atoms with Gasteiger partial charge in [-0.05, 0) is 56.6 Å². The zero-order chi connectivity index (χ0) is 26.3. The van der Waals surface area contributed by atoms with Crippen molar-refractivity contribution in [3.8, 4) is 11.1 Å². The molecule has 0 saturated heterocycles. The maximum Gasteiger partial charge on any atom is 0.141 e. The topological polar surface area (TPSA) is 40.5 Å². The largest absolute Gasteiger partial charge is 0.376 e. The van der Waals surface area contributed by atoms with Crippen LogP contribution in [0, 0.1) is 0 Å². The van der Waals surface area contributed by atoms with Crippen molar-refractivity contribution in [3.05, 3.63) is 164 Å². The lowest BCUT2D eigenvalue weighted by Gasteiger charge is -2.45. The minimum Gasteiger partial charge on any atom is -0.376 e. The van der Waals surface area contributed by atoms with Crippen LogP contribution in [0.15, 0.2) is 120 Å². The summed E-state index contributed by atoms with van der Waals surface area (Å²) in [6, 6.07) is 38.0. The van der Waals surface area contributed by atoms with Gasteiger partial charge in [0.2, 0.25) is 0 Å². The molecule has 0 spiro atoms. The first-order chi connectivity index (χ1) is 18.3. The van der Waals surface area contributed by atoms with E-state index in [9.17, 15) is 10.2 Å². The van der Waals surface area contributed by atoms with Crippen LogP contribution in [0.1, 0.15) is 58.4 Å². The molecule has 2 aliphatic rings. The third kappa shape index (κ3) is 2.90. The van der Waals surface area contributed by atoms with Crippen molar-refractivity contribution in [2.24, 2.45) is 0 Å². The second kappa shape index (κ2) is 8.00. The van der Waals surface area contributed by atoms with Crippen LogP contribution in [0.4, 0.5) is 0 Å². The Hall–Kier alpha value is -3.50. The highest BCUT2D eigenvalue weighted by molar-refractivity contribution is 9.10. The van der Waals surface area contributed by atoms with E-state index in [1.807, 2.05) is 84.9 Å². The van der Waals surface area contributed by atoms with E-state index in [-0.39, 0.29) is 5.41 Å². The third-order valence-corrected chi connectivity index (χ3v) is 9.32. The summed E-state index contributed by atoms with van der Waals surface area (Å²) in [5.41, 5.74) is 5.78. The van der Waals surface area contributed by atoms with Gasteiger partial charge >= 0.3 is 0 Å². The molecule has 3 heteroatoms. The molecule has 2 atom stereocenters. The molecule has 2 unspecified atom stereocenters. The Morgan fingerprint density at radius 1 is 0.500 bits per heavy atom. The van der Waals surface area contributed by atoms with Crippen LogP contribution in [-0.2, 0) is 16.6 Å². The van der Waals surface area contributed by atoms with Crippen LogP contribution in [0.25, 0.3) is 11.1 Å². The van der Waals surface area contributed by atoms with Crippen molar-refractivity contribution in [1.29, 1.82) is 0 Å². The Kier molecular flexibility index (Phi) is 4.97. The number of halogens is 1. The molecule has 2 N–H and O–H groups in total. The highest BCUT2D eigenvalue weighted by Crippen LogP contribution is 2.58. The monoisotopic (exact) mass is 558 g/mol. The number of hydrogen-bond donors (Lipinski definition) is 2. The summed E-state index contributed by atoms with van der Waals surface area (Å²) < 4.78 is 1.03. The minimum absolute atomic E-state index is 0.275. The molecular formula is C35H27BrO2. The van der Waals surface area contributed by atoms with E-state index in [4.69, 9.17) is 0 Å². The van der Waals surface area contributed by atoms with Crippen LogP contribution in [0.5, 0.6) is 0 Å². The van der Waals surface area contributed by atoms with Crippen LogP contribution in [0.2, 0.25) is 0 Å². The molecule has 0 fully saturated rings. The van der Waals surface area contributed by atoms with Crippen molar-refractivity contribution in [2.75, 3.05) is 0 Å². The molecule has 0 aromatic heterocycles. The van der Waals surface area contributed by atoms with Gasteiger partial charge in [-0.3, -0.25) is 0 Å². The van der Waals surface area contributed by atoms with Crippen LogP contribution >= 0.6 is 15.9 Å². The second-order valence-electron chi connectivity index (χ2n) is 10.9. The van der Waals surface area contributed by atoms with E-state index in [2.05, 4.69) is 60.1 Å². The number of hydrogen-bond acceptors (Lipinski definition) is 2. The van der Waals surface area contributed by atoms with Gasteiger partial charge in [0, 0.05) is 21.0 Å². The van der Waals surface area contributed by atoms with Gasteiger partial charge in [-0.1, -0.05) is 133 Å². The Morgan fingerprint density at radius 2 is 0.974 bits per heavy atom. The molecule has 0 amide bonds. The second-order valence-corrected chi connectivity index (χ2v) is 11.8. The smallest absolute Gasteiger partial charge is 0.141 e. The van der Waals surface area contributed by atoms with E-state index >= 15 is 0 Å². The van der Waals surface area contributed by atoms with Gasteiger partial charge in [0.25, 0.3) is 0 Å². The summed E-state index contributed by atoms with van der Waals surface area (Å²) in [5, 5.41) is 25.8. The minimum atomic E-state index is -1.45. The predicted octanol–water partition coefficient (Wildman–Crippen LogP) is 7.64. The van der Waals surface area contributed by atoms with Crippen molar-refractivity contribution in [1.82, 2.24) is 0 Å². The molecule has 0 saturated carbocycles. The summed E-state index contributed by atoms with van der Waals surface area (Å²) in [7, 11) is 0. The quantitative estimate of drug-likeness (QED) is 0.234. The summed E-state index contributed by atoms with van der Waals surface area (Å²) in [6.07, 6.45) is 0. The Bertz CT molecular complexity index is 1720. The number of benzene rings is 5. The summed E-state index contributed by atoms with van der Waals surface area (Å²) in [5.74, 6) is 0. The Balaban J connectivity index is 1.66. The van der Waals surface area contributed by atoms with Crippen molar-refractivity contribution in [3.63, 3.8) is 0 Å². The zero-order valence-corrected chi connectivity index (χ0v) is 22.8. The maximum absolute atomic E-state index is 12.9. The zero-order valence-electron chi connectivity index (χ0n) is 21.2. The molecule has 2 aliphatic carbocycles. The van der Waals surface area contributed by atoms with Gasteiger partial charge in [-0.2, -0.15) is 0 Å². The summed E-state index contributed by atoms with van der Waals surface area (Å²) in [6.45, 7) is 4.47. The first-order valence-electron chi connectivity index (χ1n) is 12.9. The fraction of sp³-hybridized carbons (Fsp3) is 0.143. The molecule has 2 nitrogen and oxygen atoms in total. The van der Waals surface area contributed by atoms with Gasteiger partial charge in [-0.25, -0.2) is 0 Å². The highest BCUT2D eigenvalue weighted by Gasteiger charge is 2.52. The van der Waals surface area contributed by atoms with Crippen LogP contribution < -0.4 is 0 Å².